The number of carbonyl (C=O) groups excluding carboxylic acids is 1. The van der Waals surface area contributed by atoms with Gasteiger partial charge in [-0.1, -0.05) is 23.7 Å². The van der Waals surface area contributed by atoms with Crippen LogP contribution >= 0.6 is 11.6 Å². The average molecular weight is 252 g/mol. The van der Waals surface area contributed by atoms with E-state index in [0.717, 1.165) is 19.5 Å². The highest BCUT2D eigenvalue weighted by Gasteiger charge is 2.16. The topological polar surface area (TPSA) is 29.1 Å². The zero-order valence-electron chi connectivity index (χ0n) is 9.92. The van der Waals surface area contributed by atoms with Crippen molar-refractivity contribution in [1.82, 2.24) is 5.32 Å². The highest BCUT2D eigenvalue weighted by molar-refractivity contribution is 6.33. The largest absolute Gasteiger partial charge is 0.317 e. The van der Waals surface area contributed by atoms with E-state index in [-0.39, 0.29) is 5.78 Å². The Labute approximate surface area is 107 Å². The molecule has 1 aliphatic rings. The lowest BCUT2D eigenvalue weighted by Crippen LogP contribution is -2.28. The number of carbonyl (C=O) groups is 1. The Morgan fingerprint density at radius 3 is 2.71 bits per heavy atom. The number of hydrogen-bond acceptors (Lipinski definition) is 2. The zero-order chi connectivity index (χ0) is 12.1. The van der Waals surface area contributed by atoms with Gasteiger partial charge >= 0.3 is 0 Å². The summed E-state index contributed by atoms with van der Waals surface area (Å²) in [6, 6.07) is 7.31. The van der Waals surface area contributed by atoms with Gasteiger partial charge in [-0.15, -0.1) is 0 Å². The third-order valence-corrected chi connectivity index (χ3v) is 3.74. The molecule has 1 N–H and O–H groups in total. The first-order chi connectivity index (χ1) is 8.27. The van der Waals surface area contributed by atoms with Crippen LogP contribution in [0, 0.1) is 5.92 Å². The lowest BCUT2D eigenvalue weighted by atomic mass is 9.91. The summed E-state index contributed by atoms with van der Waals surface area (Å²) in [6.45, 7) is 2.18. The van der Waals surface area contributed by atoms with E-state index in [1.807, 2.05) is 18.2 Å². The van der Waals surface area contributed by atoms with Crippen LogP contribution in [0.15, 0.2) is 24.3 Å². The number of rotatable bonds is 4. The van der Waals surface area contributed by atoms with E-state index in [1.54, 1.807) is 6.07 Å². The van der Waals surface area contributed by atoms with Crippen LogP contribution in [0.25, 0.3) is 0 Å². The predicted molar refractivity (Wildman–Crippen MR) is 70.6 cm³/mol. The molecule has 1 aromatic rings. The van der Waals surface area contributed by atoms with Gasteiger partial charge < -0.3 is 5.32 Å². The molecule has 1 fully saturated rings. The number of hydrogen-bond donors (Lipinski definition) is 1. The fraction of sp³-hybridized carbons (Fsp3) is 0.500. The quantitative estimate of drug-likeness (QED) is 0.832. The van der Waals surface area contributed by atoms with Gasteiger partial charge in [-0.25, -0.2) is 0 Å². The van der Waals surface area contributed by atoms with Crippen molar-refractivity contribution in [3.05, 3.63) is 34.9 Å². The highest BCUT2D eigenvalue weighted by atomic mass is 35.5. The molecule has 0 aromatic heterocycles. The SMILES string of the molecule is O=C(CCC1CCNCC1)c1ccccc1Cl. The molecule has 2 nitrogen and oxygen atoms in total. The first-order valence-electron chi connectivity index (χ1n) is 6.26. The van der Waals surface area contributed by atoms with E-state index in [2.05, 4.69) is 5.32 Å². The van der Waals surface area contributed by atoms with Crippen LogP contribution in [-0.2, 0) is 0 Å². The number of nitrogens with one attached hydrogen (secondary N) is 1. The molecule has 1 saturated heterocycles. The van der Waals surface area contributed by atoms with Crippen molar-refractivity contribution < 1.29 is 4.79 Å². The standard InChI is InChI=1S/C14H18ClNO/c15-13-4-2-1-3-12(13)14(17)6-5-11-7-9-16-10-8-11/h1-4,11,16H,5-10H2. The average Bonchev–Trinajstić information content (AvgIpc) is 2.38. The normalized spacial score (nSPS) is 17.0. The molecule has 17 heavy (non-hydrogen) atoms. The number of ketones is 1. The summed E-state index contributed by atoms with van der Waals surface area (Å²) in [4.78, 5) is 12.0. The Kier molecular flexibility index (Phi) is 4.57. The predicted octanol–water partition coefficient (Wildman–Crippen LogP) is 3.30. The molecule has 1 heterocycles. The molecule has 1 aliphatic heterocycles. The molecule has 0 radical (unpaired) electrons. The van der Waals surface area contributed by atoms with Crippen LogP contribution in [0.3, 0.4) is 0 Å². The van der Waals surface area contributed by atoms with Crippen molar-refractivity contribution in [3.63, 3.8) is 0 Å². The van der Waals surface area contributed by atoms with Crippen molar-refractivity contribution in [2.45, 2.75) is 25.7 Å². The summed E-state index contributed by atoms with van der Waals surface area (Å²) >= 11 is 6.01. The van der Waals surface area contributed by atoms with Gasteiger partial charge in [0.25, 0.3) is 0 Å². The first-order valence-corrected chi connectivity index (χ1v) is 6.63. The summed E-state index contributed by atoms with van der Waals surface area (Å²) in [5, 5.41) is 3.91. The van der Waals surface area contributed by atoms with Gasteiger partial charge in [0.1, 0.15) is 0 Å². The van der Waals surface area contributed by atoms with Crippen LogP contribution < -0.4 is 5.32 Å². The third kappa shape index (κ3) is 3.55. The lowest BCUT2D eigenvalue weighted by Gasteiger charge is -2.22. The summed E-state index contributed by atoms with van der Waals surface area (Å²) in [7, 11) is 0. The van der Waals surface area contributed by atoms with E-state index in [1.165, 1.54) is 12.8 Å². The number of piperidine rings is 1. The van der Waals surface area contributed by atoms with Gasteiger partial charge in [-0.05, 0) is 50.4 Å². The van der Waals surface area contributed by atoms with E-state index in [4.69, 9.17) is 11.6 Å². The molecular weight excluding hydrogens is 234 g/mol. The van der Waals surface area contributed by atoms with Crippen molar-refractivity contribution in [1.29, 1.82) is 0 Å². The molecule has 2 rings (SSSR count). The van der Waals surface area contributed by atoms with E-state index in [9.17, 15) is 4.79 Å². The van der Waals surface area contributed by atoms with Crippen molar-refractivity contribution in [2.75, 3.05) is 13.1 Å². The highest BCUT2D eigenvalue weighted by Crippen LogP contribution is 2.22. The minimum Gasteiger partial charge on any atom is -0.317 e. The second kappa shape index (κ2) is 6.18. The van der Waals surface area contributed by atoms with E-state index >= 15 is 0 Å². The number of Topliss-reactive ketones (excluding diaryl/α,β-unsaturated/α-hetero) is 1. The Morgan fingerprint density at radius 2 is 2.00 bits per heavy atom. The van der Waals surface area contributed by atoms with Gasteiger partial charge in [0, 0.05) is 12.0 Å². The van der Waals surface area contributed by atoms with Gasteiger partial charge in [-0.2, -0.15) is 0 Å². The molecule has 0 unspecified atom stereocenters. The van der Waals surface area contributed by atoms with Crippen molar-refractivity contribution >= 4 is 17.4 Å². The lowest BCUT2D eigenvalue weighted by molar-refractivity contribution is 0.0971. The van der Waals surface area contributed by atoms with Crippen molar-refractivity contribution in [2.24, 2.45) is 5.92 Å². The van der Waals surface area contributed by atoms with Crippen molar-refractivity contribution in [3.8, 4) is 0 Å². The minimum absolute atomic E-state index is 0.175. The van der Waals surface area contributed by atoms with Crippen LogP contribution in [0.2, 0.25) is 5.02 Å². The maximum atomic E-state index is 12.0. The van der Waals surface area contributed by atoms with Gasteiger partial charge in [0.15, 0.2) is 5.78 Å². The Balaban J connectivity index is 1.87. The van der Waals surface area contributed by atoms with Gasteiger partial charge in [-0.3, -0.25) is 4.79 Å². The summed E-state index contributed by atoms with van der Waals surface area (Å²) in [6.07, 6.45) is 3.99. The van der Waals surface area contributed by atoms with Crippen LogP contribution in [-0.4, -0.2) is 18.9 Å². The van der Waals surface area contributed by atoms with Gasteiger partial charge in [0.2, 0.25) is 0 Å². The zero-order valence-corrected chi connectivity index (χ0v) is 10.7. The summed E-state index contributed by atoms with van der Waals surface area (Å²) in [5.41, 5.74) is 0.670. The fourth-order valence-electron chi connectivity index (χ4n) is 2.33. The maximum absolute atomic E-state index is 12.0. The molecule has 0 amide bonds. The summed E-state index contributed by atoms with van der Waals surface area (Å²) < 4.78 is 0. The summed E-state index contributed by atoms with van der Waals surface area (Å²) in [5.74, 6) is 0.872. The van der Waals surface area contributed by atoms with E-state index in [0.29, 0.717) is 22.9 Å². The van der Waals surface area contributed by atoms with Crippen LogP contribution in [0.5, 0.6) is 0 Å². The Bertz CT molecular complexity index is 386. The smallest absolute Gasteiger partial charge is 0.164 e. The van der Waals surface area contributed by atoms with E-state index < -0.39 is 0 Å². The monoisotopic (exact) mass is 251 g/mol. The maximum Gasteiger partial charge on any atom is 0.164 e. The van der Waals surface area contributed by atoms with Gasteiger partial charge in [0.05, 0.1) is 5.02 Å². The fourth-order valence-corrected chi connectivity index (χ4v) is 2.57. The molecule has 92 valence electrons. The molecule has 0 atom stereocenters. The third-order valence-electron chi connectivity index (χ3n) is 3.41. The second-order valence-corrected chi connectivity index (χ2v) is 5.04. The van der Waals surface area contributed by atoms with Crippen LogP contribution in [0.4, 0.5) is 0 Å². The first kappa shape index (κ1) is 12.6. The number of halogens is 1. The molecule has 3 heteroatoms. The Hall–Kier alpha value is -0.860. The molecular formula is C14H18ClNO. The molecule has 0 spiro atoms. The molecule has 0 bridgehead atoms. The molecule has 1 aromatic carbocycles. The molecule has 0 aliphatic carbocycles. The molecule has 0 saturated carbocycles. The second-order valence-electron chi connectivity index (χ2n) is 4.64. The minimum atomic E-state index is 0.175. The number of benzene rings is 1. The Morgan fingerprint density at radius 1 is 1.29 bits per heavy atom. The van der Waals surface area contributed by atoms with Crippen LogP contribution in [0.1, 0.15) is 36.0 Å².